The van der Waals surface area contributed by atoms with E-state index in [1.807, 2.05) is 14.1 Å². The lowest BCUT2D eigenvalue weighted by molar-refractivity contribution is 0.0606. The van der Waals surface area contributed by atoms with Crippen LogP contribution in [0.25, 0.3) is 0 Å². The molecule has 1 amide bonds. The monoisotopic (exact) mass is 358 g/mol. The third kappa shape index (κ3) is 4.10. The molecule has 0 N–H and O–H groups in total. The molecule has 1 atom stereocenters. The van der Waals surface area contributed by atoms with Crippen LogP contribution in [0.5, 0.6) is 0 Å². The first-order chi connectivity index (χ1) is 12.5. The molecular weight excluding hydrogens is 334 g/mol. The molecule has 0 radical (unpaired) electrons. The summed E-state index contributed by atoms with van der Waals surface area (Å²) >= 11 is 0. The minimum atomic E-state index is -0.805. The molecule has 3 nitrogen and oxygen atoms in total. The predicted molar refractivity (Wildman–Crippen MR) is 97.8 cm³/mol. The van der Waals surface area contributed by atoms with Gasteiger partial charge in [-0.25, -0.2) is 8.78 Å². The lowest BCUT2D eigenvalue weighted by atomic mass is 9.93. The molecule has 1 heterocycles. The Kier molecular flexibility index (Phi) is 5.67. The van der Waals surface area contributed by atoms with Crippen LogP contribution in [0.1, 0.15) is 46.8 Å². The summed E-state index contributed by atoms with van der Waals surface area (Å²) in [5.41, 5.74) is 2.20. The van der Waals surface area contributed by atoms with E-state index in [4.69, 9.17) is 0 Å². The maximum atomic E-state index is 14.1. The third-order valence-corrected chi connectivity index (χ3v) is 4.79. The summed E-state index contributed by atoms with van der Waals surface area (Å²) in [4.78, 5) is 16.7. The lowest BCUT2D eigenvalue weighted by Gasteiger charge is -2.36. The summed E-state index contributed by atoms with van der Waals surface area (Å²) in [6.07, 6.45) is 2.77. The van der Waals surface area contributed by atoms with Gasteiger partial charge >= 0.3 is 0 Å². The minimum Gasteiger partial charge on any atom is -0.332 e. The summed E-state index contributed by atoms with van der Waals surface area (Å²) in [7, 11) is 4.04. The van der Waals surface area contributed by atoms with Crippen LogP contribution in [-0.4, -0.2) is 36.3 Å². The summed E-state index contributed by atoms with van der Waals surface area (Å²) in [5.74, 6) is -1.85. The molecule has 1 aliphatic heterocycles. The Morgan fingerprint density at radius 1 is 1.12 bits per heavy atom. The van der Waals surface area contributed by atoms with Gasteiger partial charge in [0, 0.05) is 19.2 Å². The zero-order valence-corrected chi connectivity index (χ0v) is 15.2. The van der Waals surface area contributed by atoms with E-state index < -0.39 is 11.6 Å². The zero-order chi connectivity index (χ0) is 18.7. The first-order valence-corrected chi connectivity index (χ1v) is 8.95. The first-order valence-electron chi connectivity index (χ1n) is 8.95. The summed E-state index contributed by atoms with van der Waals surface area (Å²) in [6.45, 7) is 1.44. The van der Waals surface area contributed by atoms with E-state index >= 15 is 0 Å². The van der Waals surface area contributed by atoms with E-state index in [2.05, 4.69) is 29.2 Å². The Bertz CT molecular complexity index is 774. The van der Waals surface area contributed by atoms with Gasteiger partial charge in [0.2, 0.25) is 0 Å². The Balaban J connectivity index is 1.84. The maximum absolute atomic E-state index is 14.1. The topological polar surface area (TPSA) is 23.6 Å². The largest absolute Gasteiger partial charge is 0.332 e. The van der Waals surface area contributed by atoms with E-state index in [0.29, 0.717) is 6.54 Å². The van der Waals surface area contributed by atoms with Gasteiger partial charge in [0.15, 0.2) is 0 Å². The standard InChI is InChI=1S/C21H24F2N2O/c1-24(2)14-15-6-8-16(9-7-15)20-5-3-4-12-25(20)21(26)18-11-10-17(22)13-19(18)23/h6-11,13,20H,3-5,12,14H2,1-2H3/t20-/m1/s1. The van der Waals surface area contributed by atoms with E-state index in [-0.39, 0.29) is 17.5 Å². The summed E-state index contributed by atoms with van der Waals surface area (Å²) < 4.78 is 27.2. The molecule has 5 heteroatoms. The van der Waals surface area contributed by atoms with Crippen LogP contribution in [0.4, 0.5) is 8.78 Å². The summed E-state index contributed by atoms with van der Waals surface area (Å²) in [6, 6.07) is 11.3. The molecule has 26 heavy (non-hydrogen) atoms. The lowest BCUT2D eigenvalue weighted by Crippen LogP contribution is -2.39. The quantitative estimate of drug-likeness (QED) is 0.809. The van der Waals surface area contributed by atoms with Crippen molar-refractivity contribution in [1.82, 2.24) is 9.80 Å². The number of likely N-dealkylation sites (tertiary alicyclic amines) is 1. The summed E-state index contributed by atoms with van der Waals surface area (Å²) in [5, 5.41) is 0. The number of rotatable bonds is 4. The fourth-order valence-electron chi connectivity index (χ4n) is 3.55. The molecule has 0 saturated carbocycles. The molecule has 3 rings (SSSR count). The smallest absolute Gasteiger partial charge is 0.257 e. The normalized spacial score (nSPS) is 17.6. The average molecular weight is 358 g/mol. The van der Waals surface area contributed by atoms with Crippen molar-refractivity contribution in [3.63, 3.8) is 0 Å². The fourth-order valence-corrected chi connectivity index (χ4v) is 3.55. The molecule has 1 aliphatic rings. The Morgan fingerprint density at radius 3 is 2.50 bits per heavy atom. The van der Waals surface area contributed by atoms with Crippen LogP contribution < -0.4 is 0 Å². The molecular formula is C21H24F2N2O. The van der Waals surface area contributed by atoms with Crippen LogP contribution in [0, 0.1) is 11.6 Å². The van der Waals surface area contributed by atoms with Crippen molar-refractivity contribution in [2.75, 3.05) is 20.6 Å². The van der Waals surface area contributed by atoms with Crippen LogP contribution in [0.15, 0.2) is 42.5 Å². The fraction of sp³-hybridized carbons (Fsp3) is 0.381. The van der Waals surface area contributed by atoms with Gasteiger partial charge in [0.05, 0.1) is 11.6 Å². The van der Waals surface area contributed by atoms with Crippen LogP contribution in [0.3, 0.4) is 0 Å². The average Bonchev–Trinajstić information content (AvgIpc) is 2.61. The molecule has 2 aromatic rings. The highest BCUT2D eigenvalue weighted by atomic mass is 19.1. The molecule has 0 spiro atoms. The number of amides is 1. The van der Waals surface area contributed by atoms with Gasteiger partial charge in [-0.15, -0.1) is 0 Å². The SMILES string of the molecule is CN(C)Cc1ccc([C@H]2CCCCN2C(=O)c2ccc(F)cc2F)cc1. The Morgan fingerprint density at radius 2 is 1.85 bits per heavy atom. The molecule has 0 bridgehead atoms. The second-order valence-corrected chi connectivity index (χ2v) is 7.11. The Labute approximate surface area is 153 Å². The van der Waals surface area contributed by atoms with Crippen molar-refractivity contribution < 1.29 is 13.6 Å². The van der Waals surface area contributed by atoms with Crippen molar-refractivity contribution in [3.05, 3.63) is 70.8 Å². The second-order valence-electron chi connectivity index (χ2n) is 7.11. The second kappa shape index (κ2) is 7.96. The van der Waals surface area contributed by atoms with E-state index in [0.717, 1.165) is 43.5 Å². The number of nitrogens with zero attached hydrogens (tertiary/aromatic N) is 2. The molecule has 1 saturated heterocycles. The highest BCUT2D eigenvalue weighted by Crippen LogP contribution is 2.32. The van der Waals surface area contributed by atoms with E-state index in [1.165, 1.54) is 11.6 Å². The number of piperidine rings is 1. The van der Waals surface area contributed by atoms with Gasteiger partial charge in [-0.2, -0.15) is 0 Å². The minimum absolute atomic E-state index is 0.0671. The van der Waals surface area contributed by atoms with Crippen molar-refractivity contribution in [1.29, 1.82) is 0 Å². The van der Waals surface area contributed by atoms with Gasteiger partial charge in [-0.3, -0.25) is 4.79 Å². The van der Waals surface area contributed by atoms with Crippen molar-refractivity contribution >= 4 is 5.91 Å². The Hall–Kier alpha value is -2.27. The van der Waals surface area contributed by atoms with Crippen LogP contribution in [0.2, 0.25) is 0 Å². The maximum Gasteiger partial charge on any atom is 0.257 e. The number of carbonyl (C=O) groups is 1. The van der Waals surface area contributed by atoms with Gasteiger partial charge in [0.25, 0.3) is 5.91 Å². The number of halogens is 2. The van der Waals surface area contributed by atoms with E-state index in [9.17, 15) is 13.6 Å². The van der Waals surface area contributed by atoms with Gasteiger partial charge in [0.1, 0.15) is 11.6 Å². The van der Waals surface area contributed by atoms with Crippen molar-refractivity contribution in [3.8, 4) is 0 Å². The zero-order valence-electron chi connectivity index (χ0n) is 15.2. The first kappa shape index (κ1) is 18.5. The third-order valence-electron chi connectivity index (χ3n) is 4.79. The molecule has 1 fully saturated rings. The molecule has 2 aromatic carbocycles. The number of hydrogen-bond donors (Lipinski definition) is 0. The van der Waals surface area contributed by atoms with Crippen LogP contribution in [-0.2, 0) is 6.54 Å². The van der Waals surface area contributed by atoms with E-state index in [1.54, 1.807) is 4.90 Å². The van der Waals surface area contributed by atoms with Gasteiger partial charge in [-0.05, 0) is 56.6 Å². The molecule has 138 valence electrons. The highest BCUT2D eigenvalue weighted by molar-refractivity contribution is 5.94. The van der Waals surface area contributed by atoms with Gasteiger partial charge in [-0.1, -0.05) is 24.3 Å². The number of hydrogen-bond acceptors (Lipinski definition) is 2. The molecule has 0 aliphatic carbocycles. The molecule has 0 aromatic heterocycles. The molecule has 0 unspecified atom stereocenters. The van der Waals surface area contributed by atoms with Crippen molar-refractivity contribution in [2.45, 2.75) is 31.8 Å². The van der Waals surface area contributed by atoms with Crippen LogP contribution >= 0.6 is 0 Å². The van der Waals surface area contributed by atoms with Crippen molar-refractivity contribution in [2.24, 2.45) is 0 Å². The van der Waals surface area contributed by atoms with Gasteiger partial charge < -0.3 is 9.80 Å². The predicted octanol–water partition coefficient (Wildman–Crippen LogP) is 4.39. The number of carbonyl (C=O) groups excluding carboxylic acids is 1. The highest BCUT2D eigenvalue weighted by Gasteiger charge is 2.30. The number of benzene rings is 2.